The van der Waals surface area contributed by atoms with Gasteiger partial charge in [-0.25, -0.2) is 9.59 Å². The first kappa shape index (κ1) is 19.9. The van der Waals surface area contributed by atoms with Gasteiger partial charge in [0.1, 0.15) is 0 Å². The Morgan fingerprint density at radius 1 is 1.08 bits per heavy atom. The molecular formula is C15H14F6N2O3. The first-order valence-electron chi connectivity index (χ1n) is 7.36. The predicted octanol–water partition coefficient (Wildman–Crippen LogP) is 3.41. The predicted molar refractivity (Wildman–Crippen MR) is 76.4 cm³/mol. The summed E-state index contributed by atoms with van der Waals surface area (Å²) in [6.45, 7) is -2.34. The molecule has 1 heterocycles. The van der Waals surface area contributed by atoms with E-state index in [-0.39, 0.29) is 12.1 Å². The summed E-state index contributed by atoms with van der Waals surface area (Å²) in [6.07, 6.45) is -12.3. The number of carboxylic acid groups (broad SMARTS) is 1. The van der Waals surface area contributed by atoms with E-state index in [2.05, 4.69) is 5.32 Å². The zero-order valence-electron chi connectivity index (χ0n) is 13.1. The summed E-state index contributed by atoms with van der Waals surface area (Å²) < 4.78 is 77.9. The van der Waals surface area contributed by atoms with Crippen LogP contribution in [0.25, 0.3) is 0 Å². The van der Waals surface area contributed by atoms with Gasteiger partial charge in [-0.1, -0.05) is 12.1 Å². The minimum Gasteiger partial charge on any atom is -0.478 e. The maximum atomic E-state index is 13.0. The van der Waals surface area contributed by atoms with Crippen LogP contribution in [-0.4, -0.2) is 47.4 Å². The molecule has 1 aromatic rings. The highest BCUT2D eigenvalue weighted by Gasteiger charge is 2.72. The summed E-state index contributed by atoms with van der Waals surface area (Å²) in [5.74, 6) is -1.16. The molecule has 11 heteroatoms. The van der Waals surface area contributed by atoms with Crippen LogP contribution in [0.15, 0.2) is 24.3 Å². The molecule has 0 saturated carbocycles. The van der Waals surface area contributed by atoms with Crippen LogP contribution in [0.3, 0.4) is 0 Å². The number of hydrogen-bond donors (Lipinski definition) is 2. The van der Waals surface area contributed by atoms with Gasteiger partial charge in [0.25, 0.3) is 0 Å². The van der Waals surface area contributed by atoms with Gasteiger partial charge in [0.15, 0.2) is 5.41 Å². The lowest BCUT2D eigenvalue weighted by Gasteiger charge is -2.33. The highest BCUT2D eigenvalue weighted by Crippen LogP contribution is 2.55. The molecule has 5 nitrogen and oxygen atoms in total. The summed E-state index contributed by atoms with van der Waals surface area (Å²) in [6, 6.07) is 4.23. The Morgan fingerprint density at radius 2 is 1.62 bits per heavy atom. The SMILES string of the molecule is O=C(O)c1ccc(CNC(=O)N2CCC(C(F)(F)F)(C(F)(F)F)C2)cc1. The van der Waals surface area contributed by atoms with Crippen molar-refractivity contribution >= 4 is 12.0 Å². The quantitative estimate of drug-likeness (QED) is 0.785. The van der Waals surface area contributed by atoms with Crippen molar-refractivity contribution < 1.29 is 41.0 Å². The van der Waals surface area contributed by atoms with E-state index in [0.29, 0.717) is 10.5 Å². The van der Waals surface area contributed by atoms with Crippen LogP contribution in [0.4, 0.5) is 31.1 Å². The van der Waals surface area contributed by atoms with Gasteiger partial charge in [0.2, 0.25) is 0 Å². The van der Waals surface area contributed by atoms with Crippen LogP contribution in [0, 0.1) is 5.41 Å². The number of likely N-dealkylation sites (tertiary alicyclic amines) is 1. The molecule has 1 fully saturated rings. The molecular weight excluding hydrogens is 370 g/mol. The molecule has 0 atom stereocenters. The van der Waals surface area contributed by atoms with Gasteiger partial charge < -0.3 is 15.3 Å². The monoisotopic (exact) mass is 384 g/mol. The van der Waals surface area contributed by atoms with Crippen molar-refractivity contribution in [2.45, 2.75) is 25.3 Å². The third kappa shape index (κ3) is 3.70. The number of amides is 2. The van der Waals surface area contributed by atoms with Crippen molar-refractivity contribution in [3.8, 4) is 0 Å². The number of hydrogen-bond acceptors (Lipinski definition) is 2. The number of aromatic carboxylic acids is 1. The molecule has 144 valence electrons. The van der Waals surface area contributed by atoms with E-state index in [4.69, 9.17) is 5.11 Å². The smallest absolute Gasteiger partial charge is 0.404 e. The van der Waals surface area contributed by atoms with Crippen molar-refractivity contribution in [2.75, 3.05) is 13.1 Å². The Morgan fingerprint density at radius 3 is 2.04 bits per heavy atom. The molecule has 0 aliphatic carbocycles. The minimum atomic E-state index is -5.52. The maximum absolute atomic E-state index is 13.0. The van der Waals surface area contributed by atoms with Crippen molar-refractivity contribution in [1.82, 2.24) is 10.2 Å². The third-order valence-electron chi connectivity index (χ3n) is 4.29. The second kappa shape index (κ2) is 6.69. The number of benzene rings is 1. The summed E-state index contributed by atoms with van der Waals surface area (Å²) in [5, 5.41) is 11.0. The van der Waals surface area contributed by atoms with Crippen LogP contribution in [0.2, 0.25) is 0 Å². The van der Waals surface area contributed by atoms with E-state index in [9.17, 15) is 35.9 Å². The number of carbonyl (C=O) groups is 2. The summed E-state index contributed by atoms with van der Waals surface area (Å²) >= 11 is 0. The lowest BCUT2D eigenvalue weighted by molar-refractivity contribution is -0.334. The Bertz CT molecular complexity index is 670. The molecule has 2 N–H and O–H groups in total. The fourth-order valence-electron chi connectivity index (χ4n) is 2.66. The van der Waals surface area contributed by atoms with Crippen LogP contribution in [0.1, 0.15) is 22.3 Å². The highest BCUT2D eigenvalue weighted by molar-refractivity contribution is 5.87. The normalized spacial score (nSPS) is 17.2. The van der Waals surface area contributed by atoms with Gasteiger partial charge in [0, 0.05) is 19.6 Å². The fraction of sp³-hybridized carbons (Fsp3) is 0.467. The number of carboxylic acids is 1. The second-order valence-corrected chi connectivity index (χ2v) is 5.91. The summed E-state index contributed by atoms with van der Waals surface area (Å²) in [5.41, 5.74) is -3.49. The molecule has 26 heavy (non-hydrogen) atoms. The Labute approximate surface area is 143 Å². The summed E-state index contributed by atoms with van der Waals surface area (Å²) in [4.78, 5) is 23.1. The molecule has 0 bridgehead atoms. The number of carbonyl (C=O) groups excluding carboxylic acids is 1. The van der Waals surface area contributed by atoms with Gasteiger partial charge in [-0.15, -0.1) is 0 Å². The van der Waals surface area contributed by atoms with E-state index in [0.717, 1.165) is 0 Å². The molecule has 0 spiro atoms. The standard InChI is InChI=1S/C15H14F6N2O3/c16-14(17,18)13(15(19,20)21)5-6-23(8-13)12(26)22-7-9-1-3-10(4-2-9)11(24)25/h1-4H,5-8H2,(H,22,26)(H,24,25). The second-order valence-electron chi connectivity index (χ2n) is 5.91. The van der Waals surface area contributed by atoms with Crippen LogP contribution in [0.5, 0.6) is 0 Å². The Kier molecular flexibility index (Phi) is 5.11. The molecule has 1 saturated heterocycles. The van der Waals surface area contributed by atoms with Gasteiger partial charge in [0.05, 0.1) is 5.56 Å². The van der Waals surface area contributed by atoms with Crippen LogP contribution in [-0.2, 0) is 6.54 Å². The summed E-state index contributed by atoms with van der Waals surface area (Å²) in [7, 11) is 0. The van der Waals surface area contributed by atoms with E-state index < -0.39 is 49.3 Å². The van der Waals surface area contributed by atoms with Crippen molar-refractivity contribution in [3.05, 3.63) is 35.4 Å². The third-order valence-corrected chi connectivity index (χ3v) is 4.29. The lowest BCUT2D eigenvalue weighted by Crippen LogP contribution is -2.52. The van der Waals surface area contributed by atoms with Gasteiger partial charge in [-0.2, -0.15) is 26.3 Å². The molecule has 1 aromatic carbocycles. The number of halogens is 6. The van der Waals surface area contributed by atoms with Crippen molar-refractivity contribution in [2.24, 2.45) is 5.41 Å². The van der Waals surface area contributed by atoms with Crippen LogP contribution < -0.4 is 5.32 Å². The van der Waals surface area contributed by atoms with Gasteiger partial charge in [-0.05, 0) is 24.1 Å². The van der Waals surface area contributed by atoms with E-state index in [1.165, 1.54) is 24.3 Å². The van der Waals surface area contributed by atoms with E-state index >= 15 is 0 Å². The molecule has 0 radical (unpaired) electrons. The molecule has 0 unspecified atom stereocenters. The highest BCUT2D eigenvalue weighted by atomic mass is 19.4. The number of alkyl halides is 6. The Hall–Kier alpha value is -2.46. The van der Waals surface area contributed by atoms with E-state index in [1.807, 2.05) is 0 Å². The zero-order valence-corrected chi connectivity index (χ0v) is 13.1. The van der Waals surface area contributed by atoms with Crippen molar-refractivity contribution in [1.29, 1.82) is 0 Å². The molecule has 1 aliphatic heterocycles. The average Bonchev–Trinajstić information content (AvgIpc) is 2.99. The molecule has 2 amide bonds. The number of urea groups is 1. The zero-order chi connectivity index (χ0) is 19.8. The molecule has 0 aromatic heterocycles. The number of rotatable bonds is 3. The fourth-order valence-corrected chi connectivity index (χ4v) is 2.66. The van der Waals surface area contributed by atoms with Gasteiger partial charge in [-0.3, -0.25) is 0 Å². The lowest BCUT2D eigenvalue weighted by atomic mass is 9.85. The number of nitrogens with one attached hydrogen (secondary N) is 1. The number of nitrogens with zero attached hydrogens (tertiary/aromatic N) is 1. The average molecular weight is 384 g/mol. The van der Waals surface area contributed by atoms with E-state index in [1.54, 1.807) is 0 Å². The first-order chi connectivity index (χ1) is 11.9. The van der Waals surface area contributed by atoms with Crippen molar-refractivity contribution in [3.63, 3.8) is 0 Å². The first-order valence-corrected chi connectivity index (χ1v) is 7.36. The molecule has 1 aliphatic rings. The largest absolute Gasteiger partial charge is 0.478 e. The maximum Gasteiger partial charge on any atom is 0.404 e. The Balaban J connectivity index is 2.02. The topological polar surface area (TPSA) is 69.6 Å². The van der Waals surface area contributed by atoms with Gasteiger partial charge >= 0.3 is 24.4 Å². The van der Waals surface area contributed by atoms with Crippen LogP contribution >= 0.6 is 0 Å². The molecule has 2 rings (SSSR count). The minimum absolute atomic E-state index is 0.000225.